The molecule has 1 N–H and O–H groups in total. The quantitative estimate of drug-likeness (QED) is 0.819. The summed E-state index contributed by atoms with van der Waals surface area (Å²) in [5, 5.41) is 3.26. The molecule has 1 amide bonds. The highest BCUT2D eigenvalue weighted by Gasteiger charge is 2.37. The van der Waals surface area contributed by atoms with E-state index in [1.807, 2.05) is 0 Å². The molecule has 2 heterocycles. The van der Waals surface area contributed by atoms with Crippen molar-refractivity contribution in [3.8, 4) is 0 Å². The molecule has 2 aliphatic rings. The van der Waals surface area contributed by atoms with Gasteiger partial charge in [0.25, 0.3) is 11.7 Å². The maximum Gasteiger partial charge on any atom is 0.299 e. The largest absolute Gasteiger partial charge is 0.317 e. The molecule has 0 radical (unpaired) electrons. The van der Waals surface area contributed by atoms with E-state index < -0.39 is 17.5 Å². The first-order valence-electron chi connectivity index (χ1n) is 6.53. The van der Waals surface area contributed by atoms with Crippen molar-refractivity contribution in [1.29, 1.82) is 0 Å². The number of carbonyl (C=O) groups is 2. The lowest BCUT2D eigenvalue weighted by molar-refractivity contribution is -0.114. The molecule has 4 nitrogen and oxygen atoms in total. The van der Waals surface area contributed by atoms with Gasteiger partial charge in [-0.3, -0.25) is 9.59 Å². The Kier molecular flexibility index (Phi) is 3.06. The second kappa shape index (κ2) is 4.74. The average molecular weight is 262 g/mol. The Bertz CT molecular complexity index is 538. The first kappa shape index (κ1) is 12.3. The molecule has 1 fully saturated rings. The van der Waals surface area contributed by atoms with Gasteiger partial charge in [0.2, 0.25) is 0 Å². The van der Waals surface area contributed by atoms with Gasteiger partial charge in [0.05, 0.1) is 11.3 Å². The summed E-state index contributed by atoms with van der Waals surface area (Å²) in [7, 11) is 0. The van der Waals surface area contributed by atoms with Crippen molar-refractivity contribution in [3.63, 3.8) is 0 Å². The van der Waals surface area contributed by atoms with Crippen LogP contribution in [0, 0.1) is 11.7 Å². The number of halogens is 1. The lowest BCUT2D eigenvalue weighted by atomic mass is 9.97. The zero-order valence-electron chi connectivity index (χ0n) is 10.5. The van der Waals surface area contributed by atoms with Gasteiger partial charge >= 0.3 is 0 Å². The van der Waals surface area contributed by atoms with E-state index in [1.54, 1.807) is 0 Å². The van der Waals surface area contributed by atoms with Crippen LogP contribution in [0.2, 0.25) is 0 Å². The molecule has 1 saturated heterocycles. The molecular formula is C14H15FN2O2. The van der Waals surface area contributed by atoms with E-state index in [9.17, 15) is 14.0 Å². The van der Waals surface area contributed by atoms with Gasteiger partial charge in [0.1, 0.15) is 5.82 Å². The summed E-state index contributed by atoms with van der Waals surface area (Å²) >= 11 is 0. The van der Waals surface area contributed by atoms with Crippen molar-refractivity contribution in [2.45, 2.75) is 12.8 Å². The van der Waals surface area contributed by atoms with Crippen LogP contribution in [0.25, 0.3) is 0 Å². The number of Topliss-reactive ketones (excluding diaryl/α,β-unsaturated/α-hetero) is 1. The zero-order valence-corrected chi connectivity index (χ0v) is 10.5. The predicted octanol–water partition coefficient (Wildman–Crippen LogP) is 1.35. The smallest absolute Gasteiger partial charge is 0.299 e. The molecule has 3 rings (SSSR count). The number of rotatable bonds is 2. The van der Waals surface area contributed by atoms with E-state index >= 15 is 0 Å². The predicted molar refractivity (Wildman–Crippen MR) is 68.7 cm³/mol. The number of anilines is 1. The highest BCUT2D eigenvalue weighted by atomic mass is 19.1. The van der Waals surface area contributed by atoms with E-state index in [2.05, 4.69) is 5.32 Å². The second-order valence-corrected chi connectivity index (χ2v) is 5.10. The fourth-order valence-corrected chi connectivity index (χ4v) is 2.77. The molecule has 0 aromatic heterocycles. The van der Waals surface area contributed by atoms with Crippen LogP contribution in [0.15, 0.2) is 18.2 Å². The number of piperidine rings is 1. The summed E-state index contributed by atoms with van der Waals surface area (Å²) in [4.78, 5) is 25.3. The van der Waals surface area contributed by atoms with Crippen LogP contribution >= 0.6 is 0 Å². The van der Waals surface area contributed by atoms with Crippen LogP contribution in [-0.4, -0.2) is 31.3 Å². The molecule has 0 unspecified atom stereocenters. The molecule has 1 aromatic rings. The van der Waals surface area contributed by atoms with E-state index in [1.165, 1.54) is 23.1 Å². The first-order valence-corrected chi connectivity index (χ1v) is 6.53. The Morgan fingerprint density at radius 2 is 2.00 bits per heavy atom. The molecule has 19 heavy (non-hydrogen) atoms. The van der Waals surface area contributed by atoms with E-state index in [4.69, 9.17) is 0 Å². The number of carbonyl (C=O) groups excluding carboxylic acids is 2. The number of fused-ring (bicyclic) bond motifs is 1. The summed E-state index contributed by atoms with van der Waals surface area (Å²) < 4.78 is 13.3. The Morgan fingerprint density at radius 3 is 2.74 bits per heavy atom. The number of ketones is 1. The summed E-state index contributed by atoms with van der Waals surface area (Å²) in [5.74, 6) is -1.10. The van der Waals surface area contributed by atoms with Gasteiger partial charge in [-0.05, 0) is 50.0 Å². The highest BCUT2D eigenvalue weighted by molar-refractivity contribution is 6.52. The third-order valence-corrected chi connectivity index (χ3v) is 3.83. The Balaban J connectivity index is 1.87. The zero-order chi connectivity index (χ0) is 13.4. The Hall–Kier alpha value is -1.75. The number of nitrogens with one attached hydrogen (secondary N) is 1. The van der Waals surface area contributed by atoms with E-state index in [0.717, 1.165) is 25.9 Å². The molecule has 0 aliphatic carbocycles. The lowest BCUT2D eigenvalue weighted by Crippen LogP contribution is -2.38. The van der Waals surface area contributed by atoms with Gasteiger partial charge in [-0.15, -0.1) is 0 Å². The molecule has 0 saturated carbocycles. The van der Waals surface area contributed by atoms with Crippen LogP contribution in [0.5, 0.6) is 0 Å². The molecule has 0 spiro atoms. The standard InChI is InChI=1S/C14H15FN2O2/c15-10-1-2-11-12(7-10)17(14(19)13(11)18)8-9-3-5-16-6-4-9/h1-2,7,9,16H,3-6,8H2. The molecular weight excluding hydrogens is 247 g/mol. The maximum atomic E-state index is 13.3. The summed E-state index contributed by atoms with van der Waals surface area (Å²) in [6.07, 6.45) is 1.95. The SMILES string of the molecule is O=C1C(=O)N(CC2CCNCC2)c2cc(F)ccc21. The minimum absolute atomic E-state index is 0.320. The van der Waals surface area contributed by atoms with Crippen LogP contribution < -0.4 is 10.2 Å². The molecule has 1 aromatic carbocycles. The van der Waals surface area contributed by atoms with Crippen molar-refractivity contribution in [3.05, 3.63) is 29.6 Å². The minimum Gasteiger partial charge on any atom is -0.317 e. The summed E-state index contributed by atoms with van der Waals surface area (Å²) in [6.45, 7) is 2.36. The van der Waals surface area contributed by atoms with Crippen molar-refractivity contribution in [2.24, 2.45) is 5.92 Å². The van der Waals surface area contributed by atoms with Crippen molar-refractivity contribution < 1.29 is 14.0 Å². The summed E-state index contributed by atoms with van der Waals surface area (Å²) in [5.41, 5.74) is 0.744. The van der Waals surface area contributed by atoms with Crippen LogP contribution in [0.3, 0.4) is 0 Å². The van der Waals surface area contributed by atoms with Crippen molar-refractivity contribution >= 4 is 17.4 Å². The van der Waals surface area contributed by atoms with Crippen LogP contribution in [0.4, 0.5) is 10.1 Å². The third-order valence-electron chi connectivity index (χ3n) is 3.83. The van der Waals surface area contributed by atoms with Crippen LogP contribution in [0.1, 0.15) is 23.2 Å². The molecule has 5 heteroatoms. The fraction of sp³-hybridized carbons (Fsp3) is 0.429. The molecule has 0 atom stereocenters. The van der Waals surface area contributed by atoms with Crippen molar-refractivity contribution in [1.82, 2.24) is 5.32 Å². The minimum atomic E-state index is -0.529. The Labute approximate surface area is 110 Å². The van der Waals surface area contributed by atoms with Crippen LogP contribution in [-0.2, 0) is 4.79 Å². The summed E-state index contributed by atoms with van der Waals surface area (Å²) in [6, 6.07) is 3.89. The topological polar surface area (TPSA) is 49.4 Å². The van der Waals surface area contributed by atoms with Gasteiger partial charge in [-0.25, -0.2) is 4.39 Å². The maximum absolute atomic E-state index is 13.3. The molecule has 100 valence electrons. The Morgan fingerprint density at radius 1 is 1.26 bits per heavy atom. The van der Waals surface area contributed by atoms with Gasteiger partial charge in [0.15, 0.2) is 0 Å². The second-order valence-electron chi connectivity index (χ2n) is 5.10. The first-order chi connectivity index (χ1) is 9.16. The number of nitrogens with zero attached hydrogens (tertiary/aromatic N) is 1. The fourth-order valence-electron chi connectivity index (χ4n) is 2.77. The number of hydrogen-bond acceptors (Lipinski definition) is 3. The monoisotopic (exact) mass is 262 g/mol. The van der Waals surface area contributed by atoms with Crippen molar-refractivity contribution in [2.75, 3.05) is 24.5 Å². The van der Waals surface area contributed by atoms with Gasteiger partial charge < -0.3 is 10.2 Å². The third kappa shape index (κ3) is 2.14. The normalized spacial score (nSPS) is 19.9. The van der Waals surface area contributed by atoms with E-state index in [-0.39, 0.29) is 0 Å². The van der Waals surface area contributed by atoms with Gasteiger partial charge in [-0.2, -0.15) is 0 Å². The van der Waals surface area contributed by atoms with E-state index in [0.29, 0.717) is 23.7 Å². The average Bonchev–Trinajstić information content (AvgIpc) is 2.65. The lowest BCUT2D eigenvalue weighted by Gasteiger charge is -2.27. The highest BCUT2D eigenvalue weighted by Crippen LogP contribution is 2.31. The molecule has 0 bridgehead atoms. The molecule has 2 aliphatic heterocycles. The van der Waals surface area contributed by atoms with Gasteiger partial charge in [0, 0.05) is 6.54 Å². The number of benzene rings is 1. The van der Waals surface area contributed by atoms with Gasteiger partial charge in [-0.1, -0.05) is 0 Å². The number of hydrogen-bond donors (Lipinski definition) is 1. The number of amides is 1.